The van der Waals surface area contributed by atoms with Crippen molar-refractivity contribution in [2.24, 2.45) is 0 Å². The van der Waals surface area contributed by atoms with E-state index in [4.69, 9.17) is 9.97 Å². The van der Waals surface area contributed by atoms with E-state index in [9.17, 15) is 4.79 Å². The normalized spacial score (nSPS) is 20.5. The second-order valence-electron chi connectivity index (χ2n) is 8.59. The molecular formula is C21H36N6O. The van der Waals surface area contributed by atoms with Crippen molar-refractivity contribution >= 4 is 11.7 Å². The van der Waals surface area contributed by atoms with Gasteiger partial charge in [-0.3, -0.25) is 9.69 Å². The van der Waals surface area contributed by atoms with Gasteiger partial charge in [0, 0.05) is 39.8 Å². The summed E-state index contributed by atoms with van der Waals surface area (Å²) in [7, 11) is 7.97. The van der Waals surface area contributed by atoms with E-state index >= 15 is 0 Å². The highest BCUT2D eigenvalue weighted by atomic mass is 16.2. The molecule has 1 saturated carbocycles. The van der Waals surface area contributed by atoms with Crippen molar-refractivity contribution in [3.05, 3.63) is 17.6 Å². The fourth-order valence-corrected chi connectivity index (χ4v) is 4.22. The van der Waals surface area contributed by atoms with Crippen molar-refractivity contribution < 1.29 is 4.79 Å². The van der Waals surface area contributed by atoms with Gasteiger partial charge in [-0.05, 0) is 39.3 Å². The summed E-state index contributed by atoms with van der Waals surface area (Å²) in [6, 6.07) is 2.68. The summed E-state index contributed by atoms with van der Waals surface area (Å²) in [5.41, 5.74) is 0.970. The number of carbonyl (C=O) groups is 1. The summed E-state index contributed by atoms with van der Waals surface area (Å²) in [6.45, 7) is 2.09. The van der Waals surface area contributed by atoms with Crippen molar-refractivity contribution in [3.8, 4) is 0 Å². The largest absolute Gasteiger partial charge is 0.363 e. The molecule has 1 amide bonds. The van der Waals surface area contributed by atoms with Gasteiger partial charge in [-0.15, -0.1) is 0 Å². The molecule has 156 valence electrons. The molecule has 0 bridgehead atoms. The summed E-state index contributed by atoms with van der Waals surface area (Å²) in [6.07, 6.45) is 8.31. The monoisotopic (exact) mass is 388 g/mol. The third-order valence-electron chi connectivity index (χ3n) is 5.97. The Balaban J connectivity index is 1.63. The Hall–Kier alpha value is -1.73. The number of likely N-dealkylation sites (N-methyl/N-ethyl adjacent to an activating group) is 2. The first-order valence-electron chi connectivity index (χ1n) is 10.7. The lowest BCUT2D eigenvalue weighted by molar-refractivity contribution is -0.133. The van der Waals surface area contributed by atoms with Crippen LogP contribution in [0.15, 0.2) is 6.07 Å². The molecule has 1 aliphatic carbocycles. The predicted octanol–water partition coefficient (Wildman–Crippen LogP) is 2.19. The van der Waals surface area contributed by atoms with Gasteiger partial charge in [0.15, 0.2) is 0 Å². The minimum atomic E-state index is 0.203. The van der Waals surface area contributed by atoms with Crippen molar-refractivity contribution in [1.29, 1.82) is 0 Å². The smallest absolute Gasteiger partial charge is 0.236 e. The Labute approximate surface area is 169 Å². The molecule has 7 nitrogen and oxygen atoms in total. The van der Waals surface area contributed by atoms with Gasteiger partial charge in [-0.1, -0.05) is 19.3 Å². The van der Waals surface area contributed by atoms with E-state index in [0.29, 0.717) is 19.1 Å². The van der Waals surface area contributed by atoms with Crippen LogP contribution in [0.2, 0.25) is 0 Å². The van der Waals surface area contributed by atoms with E-state index in [1.54, 1.807) is 0 Å². The first kappa shape index (κ1) is 21.0. The maximum Gasteiger partial charge on any atom is 0.236 e. The van der Waals surface area contributed by atoms with Gasteiger partial charge in [0.25, 0.3) is 0 Å². The molecule has 2 heterocycles. The average molecular weight is 389 g/mol. The Kier molecular flexibility index (Phi) is 7.24. The molecule has 1 aromatic heterocycles. The summed E-state index contributed by atoms with van der Waals surface area (Å²) in [5, 5.41) is 3.49. The third-order valence-corrected chi connectivity index (χ3v) is 5.97. The molecule has 0 radical (unpaired) electrons. The van der Waals surface area contributed by atoms with Gasteiger partial charge in [-0.2, -0.15) is 0 Å². The topological polar surface area (TPSA) is 64.6 Å². The highest BCUT2D eigenvalue weighted by Crippen LogP contribution is 2.23. The fraction of sp³-hybridized carbons (Fsp3) is 0.762. The molecule has 28 heavy (non-hydrogen) atoms. The zero-order valence-electron chi connectivity index (χ0n) is 17.9. The molecule has 1 aliphatic heterocycles. The van der Waals surface area contributed by atoms with Crippen molar-refractivity contribution in [2.75, 3.05) is 46.2 Å². The Morgan fingerprint density at radius 2 is 1.82 bits per heavy atom. The lowest BCUT2D eigenvalue weighted by Gasteiger charge is -2.32. The van der Waals surface area contributed by atoms with Gasteiger partial charge < -0.3 is 15.1 Å². The second kappa shape index (κ2) is 9.65. The number of carbonyl (C=O) groups excluding carboxylic acids is 1. The first-order chi connectivity index (χ1) is 13.4. The maximum atomic E-state index is 12.7. The molecule has 0 aromatic carbocycles. The standard InChI is InChI=1S/C21H36N6O/c1-25(2)19-13-16(23-21(24-19)18-11-8-12-22-18)14-26(3)15-20(28)27(4)17-9-6-5-7-10-17/h13,17-18,22H,5-12,14-15H2,1-4H3. The van der Waals surface area contributed by atoms with E-state index in [1.165, 1.54) is 19.3 Å². The molecule has 0 spiro atoms. The first-order valence-corrected chi connectivity index (χ1v) is 10.7. The van der Waals surface area contributed by atoms with Crippen molar-refractivity contribution in [1.82, 2.24) is 25.1 Å². The molecular weight excluding hydrogens is 352 g/mol. The Morgan fingerprint density at radius 3 is 2.46 bits per heavy atom. The number of amides is 1. The van der Waals surface area contributed by atoms with Crippen LogP contribution in [0.1, 0.15) is 62.5 Å². The van der Waals surface area contributed by atoms with Crippen LogP contribution in [0.4, 0.5) is 5.82 Å². The van der Waals surface area contributed by atoms with Gasteiger partial charge in [0.2, 0.25) is 5.91 Å². The number of nitrogens with zero attached hydrogens (tertiary/aromatic N) is 5. The summed E-state index contributed by atoms with van der Waals surface area (Å²) in [5.74, 6) is 2.00. The molecule has 1 unspecified atom stereocenters. The van der Waals surface area contributed by atoms with E-state index < -0.39 is 0 Å². The van der Waals surface area contributed by atoms with Crippen LogP contribution in [0.3, 0.4) is 0 Å². The van der Waals surface area contributed by atoms with Crippen LogP contribution in [0, 0.1) is 0 Å². The number of nitrogens with one attached hydrogen (secondary N) is 1. The highest BCUT2D eigenvalue weighted by Gasteiger charge is 2.24. The number of rotatable bonds is 7. The second-order valence-corrected chi connectivity index (χ2v) is 8.59. The van der Waals surface area contributed by atoms with Gasteiger partial charge in [0.1, 0.15) is 11.6 Å². The highest BCUT2D eigenvalue weighted by molar-refractivity contribution is 5.78. The van der Waals surface area contributed by atoms with Crippen LogP contribution in [-0.4, -0.2) is 73.0 Å². The van der Waals surface area contributed by atoms with Crippen LogP contribution >= 0.6 is 0 Å². The van der Waals surface area contributed by atoms with Gasteiger partial charge >= 0.3 is 0 Å². The summed E-state index contributed by atoms with van der Waals surface area (Å²) >= 11 is 0. The summed E-state index contributed by atoms with van der Waals surface area (Å²) < 4.78 is 0. The Morgan fingerprint density at radius 1 is 1.07 bits per heavy atom. The van der Waals surface area contributed by atoms with Gasteiger partial charge in [0.05, 0.1) is 18.3 Å². The molecule has 7 heteroatoms. The van der Waals surface area contributed by atoms with E-state index in [-0.39, 0.29) is 11.9 Å². The van der Waals surface area contributed by atoms with E-state index in [0.717, 1.165) is 49.6 Å². The quantitative estimate of drug-likeness (QED) is 0.772. The lowest BCUT2D eigenvalue weighted by Crippen LogP contribution is -2.43. The molecule has 1 saturated heterocycles. The SMILES string of the molecule is CN(CC(=O)N(C)C1CCCCC1)Cc1cc(N(C)C)nc(C2CCCN2)n1. The average Bonchev–Trinajstić information content (AvgIpc) is 3.22. The molecule has 2 fully saturated rings. The predicted molar refractivity (Wildman–Crippen MR) is 112 cm³/mol. The lowest BCUT2D eigenvalue weighted by atomic mass is 9.94. The summed E-state index contributed by atoms with van der Waals surface area (Å²) in [4.78, 5) is 28.3. The van der Waals surface area contributed by atoms with Crippen LogP contribution in [-0.2, 0) is 11.3 Å². The number of hydrogen-bond donors (Lipinski definition) is 1. The molecule has 1 atom stereocenters. The molecule has 1 N–H and O–H groups in total. The minimum absolute atomic E-state index is 0.203. The fourth-order valence-electron chi connectivity index (χ4n) is 4.22. The molecule has 2 aliphatic rings. The van der Waals surface area contributed by atoms with Gasteiger partial charge in [-0.25, -0.2) is 9.97 Å². The maximum absolute atomic E-state index is 12.7. The molecule has 1 aromatic rings. The number of aromatic nitrogens is 2. The van der Waals surface area contributed by atoms with Crippen LogP contribution in [0.5, 0.6) is 0 Å². The van der Waals surface area contributed by atoms with Crippen molar-refractivity contribution in [2.45, 2.75) is 63.6 Å². The van der Waals surface area contributed by atoms with Crippen LogP contribution < -0.4 is 10.2 Å². The van der Waals surface area contributed by atoms with Crippen molar-refractivity contribution in [3.63, 3.8) is 0 Å². The van der Waals surface area contributed by atoms with E-state index in [2.05, 4.69) is 10.2 Å². The number of hydrogen-bond acceptors (Lipinski definition) is 6. The molecule has 3 rings (SSSR count). The van der Waals surface area contributed by atoms with Crippen LogP contribution in [0.25, 0.3) is 0 Å². The zero-order valence-corrected chi connectivity index (χ0v) is 17.9. The van der Waals surface area contributed by atoms with E-state index in [1.807, 2.05) is 44.1 Å². The zero-order chi connectivity index (χ0) is 20.1. The third kappa shape index (κ3) is 5.41. The Bertz CT molecular complexity index is 652. The number of anilines is 1. The minimum Gasteiger partial charge on any atom is -0.363 e.